The van der Waals surface area contributed by atoms with E-state index in [0.717, 1.165) is 16.7 Å². The summed E-state index contributed by atoms with van der Waals surface area (Å²) in [5.41, 5.74) is 3.63. The fraction of sp³-hybridized carbons (Fsp3) is 0.412. The minimum atomic E-state index is -1.96. The van der Waals surface area contributed by atoms with E-state index in [1.54, 1.807) is 33.8 Å². The number of tetrazole rings is 1. The number of nitrogens with zero attached hydrogens (tertiary/aromatic N) is 6. The van der Waals surface area contributed by atoms with Crippen LogP contribution in [0.2, 0.25) is 18.1 Å². The highest BCUT2D eigenvalue weighted by atomic mass is 28.4. The Bertz CT molecular complexity index is 1720. The van der Waals surface area contributed by atoms with Crippen molar-refractivity contribution in [2.75, 3.05) is 25.6 Å². The van der Waals surface area contributed by atoms with Gasteiger partial charge in [-0.1, -0.05) is 57.2 Å². The Hall–Kier alpha value is -4.62. The molecule has 0 bridgehead atoms. The lowest BCUT2D eigenvalue weighted by Crippen LogP contribution is -2.42. The second-order valence-electron chi connectivity index (χ2n) is 13.3. The van der Waals surface area contributed by atoms with Crippen LogP contribution in [0.4, 0.5) is 10.6 Å². The molecule has 4 aromatic rings. The fourth-order valence-electron chi connectivity index (χ4n) is 4.99. The van der Waals surface area contributed by atoms with Gasteiger partial charge in [-0.15, -0.1) is 5.10 Å². The van der Waals surface area contributed by atoms with Gasteiger partial charge in [0.1, 0.15) is 23.9 Å². The molecule has 13 heteroatoms. The van der Waals surface area contributed by atoms with Gasteiger partial charge in [-0.2, -0.15) is 0 Å². The van der Waals surface area contributed by atoms with Crippen molar-refractivity contribution in [3.05, 3.63) is 82.9 Å². The number of hydrogen-bond acceptors (Lipinski definition) is 9. The first-order chi connectivity index (χ1) is 22.4. The largest absolute Gasteiger partial charge is 0.496 e. The molecule has 2 amide bonds. The van der Waals surface area contributed by atoms with E-state index in [1.165, 1.54) is 7.11 Å². The average molecular weight is 658 g/mol. The Labute approximate surface area is 276 Å². The van der Waals surface area contributed by atoms with Gasteiger partial charge in [-0.25, -0.2) is 14.5 Å². The molecular weight excluding hydrogens is 615 g/mol. The number of aromatic nitrogens is 5. The maximum absolute atomic E-state index is 13.6. The highest BCUT2D eigenvalue weighted by Gasteiger charge is 2.37. The monoisotopic (exact) mass is 657 g/mol. The molecule has 1 aliphatic rings. The molecule has 0 aliphatic carbocycles. The predicted molar refractivity (Wildman–Crippen MR) is 181 cm³/mol. The minimum absolute atomic E-state index is 0.0821. The first-order valence-electron chi connectivity index (χ1n) is 15.7. The molecule has 0 spiro atoms. The Balaban J connectivity index is 1.28. The van der Waals surface area contributed by atoms with E-state index in [9.17, 15) is 9.59 Å². The number of rotatable bonds is 10. The van der Waals surface area contributed by atoms with E-state index in [2.05, 4.69) is 59.7 Å². The van der Waals surface area contributed by atoms with Crippen molar-refractivity contribution in [2.24, 2.45) is 0 Å². The van der Waals surface area contributed by atoms with E-state index in [1.807, 2.05) is 43.3 Å². The highest BCUT2D eigenvalue weighted by Crippen LogP contribution is 2.37. The van der Waals surface area contributed by atoms with Gasteiger partial charge in [-0.05, 0) is 82.9 Å². The van der Waals surface area contributed by atoms with Crippen LogP contribution in [0.5, 0.6) is 5.75 Å². The van der Waals surface area contributed by atoms with E-state index in [-0.39, 0.29) is 17.7 Å². The molecule has 2 aromatic heterocycles. The van der Waals surface area contributed by atoms with Crippen molar-refractivity contribution in [1.82, 2.24) is 30.1 Å². The Morgan fingerprint density at radius 2 is 1.81 bits per heavy atom. The lowest BCUT2D eigenvalue weighted by molar-refractivity contribution is 0.0918. The van der Waals surface area contributed by atoms with Crippen molar-refractivity contribution in [2.45, 2.75) is 71.4 Å². The summed E-state index contributed by atoms with van der Waals surface area (Å²) < 4.78 is 19.3. The van der Waals surface area contributed by atoms with Gasteiger partial charge >= 0.3 is 6.09 Å². The summed E-state index contributed by atoms with van der Waals surface area (Å²) >= 11 is 0. The molecule has 0 saturated carbocycles. The molecule has 47 heavy (non-hydrogen) atoms. The number of benzene rings is 2. The molecule has 1 N–H and O–H groups in total. The number of amides is 2. The second-order valence-corrected chi connectivity index (χ2v) is 18.1. The molecule has 0 radical (unpaired) electrons. The van der Waals surface area contributed by atoms with Gasteiger partial charge in [0.15, 0.2) is 8.32 Å². The number of methoxy groups -OCH3 is 1. The molecule has 3 heterocycles. The molecule has 1 atom stereocenters. The van der Waals surface area contributed by atoms with Crippen LogP contribution in [-0.4, -0.2) is 70.7 Å². The average Bonchev–Trinajstić information content (AvgIpc) is 3.56. The number of ether oxygens (including phenoxy) is 2. The SMILES string of the molecule is COc1cc2c(cc1C(=O)Nc1cccc(-c3nnnn3[C@H](C)CO[Si](C)(C)C(C)(C)C)n1)CN(C(=O)OCc1ccccc1)CC2. The lowest BCUT2D eigenvalue weighted by atomic mass is 9.96. The molecule has 0 saturated heterocycles. The lowest BCUT2D eigenvalue weighted by Gasteiger charge is -2.36. The van der Waals surface area contributed by atoms with Crippen LogP contribution < -0.4 is 10.1 Å². The number of carbonyl (C=O) groups is 2. The Kier molecular flexibility index (Phi) is 10.1. The molecule has 1 aliphatic heterocycles. The third-order valence-electron chi connectivity index (χ3n) is 8.86. The topological polar surface area (TPSA) is 134 Å². The minimum Gasteiger partial charge on any atom is -0.496 e. The molecule has 0 fully saturated rings. The summed E-state index contributed by atoms with van der Waals surface area (Å²) in [6.07, 6.45) is 0.219. The molecule has 0 unspecified atom stereocenters. The molecule has 248 valence electrons. The summed E-state index contributed by atoms with van der Waals surface area (Å²) in [4.78, 5) is 32.7. The number of anilines is 1. The van der Waals surface area contributed by atoms with Crippen molar-refractivity contribution < 1.29 is 23.5 Å². The number of carbonyl (C=O) groups excluding carboxylic acids is 2. The number of fused-ring (bicyclic) bond motifs is 1. The predicted octanol–water partition coefficient (Wildman–Crippen LogP) is 6.27. The maximum Gasteiger partial charge on any atom is 0.410 e. The number of hydrogen-bond donors (Lipinski definition) is 1. The molecule has 12 nitrogen and oxygen atoms in total. The third-order valence-corrected chi connectivity index (χ3v) is 13.4. The van der Waals surface area contributed by atoms with Crippen LogP contribution in [0.25, 0.3) is 11.5 Å². The molecule has 2 aromatic carbocycles. The molecule has 5 rings (SSSR count). The fourth-order valence-corrected chi connectivity index (χ4v) is 6.08. The summed E-state index contributed by atoms with van der Waals surface area (Å²) in [7, 11) is -0.430. The van der Waals surface area contributed by atoms with Gasteiger partial charge in [0, 0.05) is 13.1 Å². The summed E-state index contributed by atoms with van der Waals surface area (Å²) in [6, 6.07) is 18.3. The normalized spacial score (nSPS) is 13.9. The summed E-state index contributed by atoms with van der Waals surface area (Å²) in [5, 5.41) is 15.3. The van der Waals surface area contributed by atoms with E-state index in [4.69, 9.17) is 13.9 Å². The number of nitrogens with one attached hydrogen (secondary N) is 1. The summed E-state index contributed by atoms with van der Waals surface area (Å²) in [6.45, 7) is 14.5. The molecular formula is C34H43N7O5Si. The van der Waals surface area contributed by atoms with Gasteiger partial charge < -0.3 is 24.1 Å². The first-order valence-corrected chi connectivity index (χ1v) is 18.6. The van der Waals surface area contributed by atoms with Gasteiger partial charge in [0.2, 0.25) is 5.82 Å². The van der Waals surface area contributed by atoms with Crippen LogP contribution >= 0.6 is 0 Å². The van der Waals surface area contributed by atoms with Crippen LogP contribution in [0.15, 0.2) is 60.7 Å². The van der Waals surface area contributed by atoms with Crippen molar-refractivity contribution in [3.8, 4) is 17.3 Å². The van der Waals surface area contributed by atoms with Crippen LogP contribution in [0.3, 0.4) is 0 Å². The Morgan fingerprint density at radius 3 is 2.53 bits per heavy atom. The van der Waals surface area contributed by atoms with Crippen molar-refractivity contribution in [3.63, 3.8) is 0 Å². The van der Waals surface area contributed by atoms with Gasteiger partial charge in [-0.3, -0.25) is 4.79 Å². The van der Waals surface area contributed by atoms with Crippen molar-refractivity contribution in [1.29, 1.82) is 0 Å². The zero-order valence-corrected chi connectivity index (χ0v) is 29.1. The van der Waals surface area contributed by atoms with Crippen LogP contribution in [0, 0.1) is 0 Å². The third kappa shape index (κ3) is 7.85. The van der Waals surface area contributed by atoms with Crippen LogP contribution in [0.1, 0.15) is 60.8 Å². The maximum atomic E-state index is 13.6. The van der Waals surface area contributed by atoms with Gasteiger partial charge in [0.05, 0.1) is 25.3 Å². The highest BCUT2D eigenvalue weighted by molar-refractivity contribution is 6.74. The second kappa shape index (κ2) is 14.0. The summed E-state index contributed by atoms with van der Waals surface area (Å²) in [5.74, 6) is 0.849. The van der Waals surface area contributed by atoms with Gasteiger partial charge in [0.25, 0.3) is 5.91 Å². The standard InChI is InChI=1S/C34H43N7O5Si/c1-23(21-46-47(6,7)34(2,3)4)41-31(37-38-39-41)28-14-11-15-30(35-28)36-32(42)27-18-26-20-40(17-16-25(26)19-29(27)44-5)33(43)45-22-24-12-9-8-10-13-24/h8-15,18-19,23H,16-17,20-22H2,1-7H3,(H,35,36,42)/t23-/m1/s1. The number of pyridine rings is 1. The van der Waals surface area contributed by atoms with E-state index < -0.39 is 20.3 Å². The smallest absolute Gasteiger partial charge is 0.410 e. The zero-order valence-electron chi connectivity index (χ0n) is 28.1. The quantitative estimate of drug-likeness (QED) is 0.196. The van der Waals surface area contributed by atoms with E-state index >= 15 is 0 Å². The Morgan fingerprint density at radius 1 is 1.04 bits per heavy atom. The van der Waals surface area contributed by atoms with Crippen molar-refractivity contribution >= 4 is 26.1 Å². The van der Waals surface area contributed by atoms with Crippen LogP contribution in [-0.2, 0) is 28.7 Å². The zero-order chi connectivity index (χ0) is 33.8. The first kappa shape index (κ1) is 33.7. The van der Waals surface area contributed by atoms with E-state index in [0.29, 0.717) is 54.8 Å².